The molecule has 0 atom stereocenters. The molecule has 0 amide bonds. The van der Waals surface area contributed by atoms with Crippen LogP contribution in [-0.4, -0.2) is 37.7 Å². The topological polar surface area (TPSA) is 38.5 Å². The molecule has 1 saturated heterocycles. The fourth-order valence-corrected chi connectivity index (χ4v) is 2.52. The largest absolute Gasteiger partial charge is 0.399 e. The van der Waals surface area contributed by atoms with E-state index in [2.05, 4.69) is 26.9 Å². The lowest BCUT2D eigenvalue weighted by molar-refractivity contribution is 0.0375. The predicted octanol–water partition coefficient (Wildman–Crippen LogP) is 2.30. The first-order valence-electron chi connectivity index (χ1n) is 6.10. The molecule has 1 aliphatic heterocycles. The van der Waals surface area contributed by atoms with Crippen LogP contribution in [0.3, 0.4) is 0 Å². The van der Waals surface area contributed by atoms with Gasteiger partial charge in [0.15, 0.2) is 0 Å². The van der Waals surface area contributed by atoms with E-state index in [1.165, 1.54) is 5.56 Å². The number of nitrogens with two attached hydrogens (primary N) is 1. The van der Waals surface area contributed by atoms with Crippen molar-refractivity contribution in [3.05, 3.63) is 28.2 Å². The van der Waals surface area contributed by atoms with Crippen molar-refractivity contribution in [1.82, 2.24) is 4.90 Å². The Kier molecular flexibility index (Phi) is 4.83. The SMILES string of the molecule is Nc1ccc(Br)cc1CCCN1CCOCC1. The van der Waals surface area contributed by atoms with Crippen molar-refractivity contribution in [3.63, 3.8) is 0 Å². The maximum Gasteiger partial charge on any atom is 0.0594 e. The van der Waals surface area contributed by atoms with Crippen LogP contribution in [0.25, 0.3) is 0 Å². The summed E-state index contributed by atoms with van der Waals surface area (Å²) >= 11 is 3.48. The molecule has 3 nitrogen and oxygen atoms in total. The molecular weight excluding hydrogens is 280 g/mol. The third-order valence-corrected chi connectivity index (χ3v) is 3.62. The number of halogens is 1. The van der Waals surface area contributed by atoms with Crippen molar-refractivity contribution in [3.8, 4) is 0 Å². The van der Waals surface area contributed by atoms with Crippen molar-refractivity contribution in [1.29, 1.82) is 0 Å². The van der Waals surface area contributed by atoms with Crippen molar-refractivity contribution in [2.45, 2.75) is 12.8 Å². The summed E-state index contributed by atoms with van der Waals surface area (Å²) in [6.07, 6.45) is 2.20. The highest BCUT2D eigenvalue weighted by molar-refractivity contribution is 9.10. The van der Waals surface area contributed by atoms with Crippen molar-refractivity contribution in [2.75, 3.05) is 38.6 Å². The monoisotopic (exact) mass is 298 g/mol. The van der Waals surface area contributed by atoms with Crippen molar-refractivity contribution in [2.24, 2.45) is 0 Å². The van der Waals surface area contributed by atoms with Gasteiger partial charge >= 0.3 is 0 Å². The van der Waals surface area contributed by atoms with E-state index in [1.54, 1.807) is 0 Å². The molecule has 0 aliphatic carbocycles. The number of morpholine rings is 1. The van der Waals surface area contributed by atoms with E-state index < -0.39 is 0 Å². The molecule has 17 heavy (non-hydrogen) atoms. The highest BCUT2D eigenvalue weighted by Gasteiger charge is 2.09. The molecule has 2 rings (SSSR count). The first-order chi connectivity index (χ1) is 8.25. The predicted molar refractivity (Wildman–Crippen MR) is 74.1 cm³/mol. The molecule has 1 heterocycles. The van der Waals surface area contributed by atoms with Gasteiger partial charge in [-0.3, -0.25) is 4.90 Å². The fourth-order valence-electron chi connectivity index (χ4n) is 2.11. The molecule has 0 aromatic heterocycles. The number of nitrogens with zero attached hydrogens (tertiary/aromatic N) is 1. The summed E-state index contributed by atoms with van der Waals surface area (Å²) in [5.41, 5.74) is 8.10. The Balaban J connectivity index is 1.79. The molecule has 0 spiro atoms. The lowest BCUT2D eigenvalue weighted by Crippen LogP contribution is -2.36. The van der Waals surface area contributed by atoms with Gasteiger partial charge in [0.2, 0.25) is 0 Å². The van der Waals surface area contributed by atoms with Gasteiger partial charge in [0.25, 0.3) is 0 Å². The summed E-state index contributed by atoms with van der Waals surface area (Å²) in [6, 6.07) is 6.07. The zero-order valence-corrected chi connectivity index (χ0v) is 11.6. The number of aryl methyl sites for hydroxylation is 1. The molecule has 0 saturated carbocycles. The Morgan fingerprint density at radius 2 is 2.06 bits per heavy atom. The number of benzene rings is 1. The van der Waals surface area contributed by atoms with Crippen LogP contribution >= 0.6 is 15.9 Å². The van der Waals surface area contributed by atoms with Crippen molar-refractivity contribution >= 4 is 21.6 Å². The summed E-state index contributed by atoms with van der Waals surface area (Å²) in [6.45, 7) is 5.01. The Hall–Kier alpha value is -0.580. The number of nitrogen functional groups attached to an aromatic ring is 1. The fraction of sp³-hybridized carbons (Fsp3) is 0.538. The van der Waals surface area contributed by atoms with Crippen LogP contribution in [0.1, 0.15) is 12.0 Å². The molecule has 0 unspecified atom stereocenters. The number of anilines is 1. The molecule has 1 fully saturated rings. The minimum Gasteiger partial charge on any atom is -0.399 e. The van der Waals surface area contributed by atoms with Crippen LogP contribution in [-0.2, 0) is 11.2 Å². The molecular formula is C13H19BrN2O. The van der Waals surface area contributed by atoms with Crippen molar-refractivity contribution < 1.29 is 4.74 Å². The third-order valence-electron chi connectivity index (χ3n) is 3.13. The van der Waals surface area contributed by atoms with Gasteiger partial charge in [-0.05, 0) is 43.1 Å². The smallest absolute Gasteiger partial charge is 0.0594 e. The Morgan fingerprint density at radius 1 is 1.29 bits per heavy atom. The standard InChI is InChI=1S/C13H19BrN2O/c14-12-3-4-13(15)11(10-12)2-1-5-16-6-8-17-9-7-16/h3-4,10H,1-2,5-9,15H2. The van der Waals surface area contributed by atoms with Crippen LogP contribution in [0, 0.1) is 0 Å². The van der Waals surface area contributed by atoms with Gasteiger partial charge < -0.3 is 10.5 Å². The van der Waals surface area contributed by atoms with Crippen LogP contribution in [0.4, 0.5) is 5.69 Å². The molecule has 4 heteroatoms. The maximum absolute atomic E-state index is 5.95. The molecule has 2 N–H and O–H groups in total. The van der Waals surface area contributed by atoms with E-state index in [1.807, 2.05) is 12.1 Å². The highest BCUT2D eigenvalue weighted by Crippen LogP contribution is 2.19. The van der Waals surface area contributed by atoms with Gasteiger partial charge in [-0.2, -0.15) is 0 Å². The van der Waals surface area contributed by atoms with Gasteiger partial charge in [-0.1, -0.05) is 15.9 Å². The van der Waals surface area contributed by atoms with Crippen LogP contribution in [0.5, 0.6) is 0 Å². The summed E-state index contributed by atoms with van der Waals surface area (Å²) in [5.74, 6) is 0. The number of hydrogen-bond acceptors (Lipinski definition) is 3. The second-order valence-corrected chi connectivity index (χ2v) is 5.32. The van der Waals surface area contributed by atoms with Gasteiger partial charge in [0.05, 0.1) is 13.2 Å². The van der Waals surface area contributed by atoms with Gasteiger partial charge in [0.1, 0.15) is 0 Å². The lowest BCUT2D eigenvalue weighted by atomic mass is 10.1. The molecule has 94 valence electrons. The summed E-state index contributed by atoms with van der Waals surface area (Å²) in [7, 11) is 0. The van der Waals surface area contributed by atoms with E-state index in [4.69, 9.17) is 10.5 Å². The van der Waals surface area contributed by atoms with Gasteiger partial charge in [-0.25, -0.2) is 0 Å². The van der Waals surface area contributed by atoms with Crippen LogP contribution < -0.4 is 5.73 Å². The summed E-state index contributed by atoms with van der Waals surface area (Å²) in [5, 5.41) is 0. The normalized spacial score (nSPS) is 17.2. The Morgan fingerprint density at radius 3 is 2.82 bits per heavy atom. The summed E-state index contributed by atoms with van der Waals surface area (Å²) < 4.78 is 6.44. The lowest BCUT2D eigenvalue weighted by Gasteiger charge is -2.26. The molecule has 1 aromatic rings. The number of ether oxygens (including phenoxy) is 1. The van der Waals surface area contributed by atoms with E-state index in [0.29, 0.717) is 0 Å². The molecule has 0 radical (unpaired) electrons. The number of rotatable bonds is 4. The highest BCUT2D eigenvalue weighted by atomic mass is 79.9. The zero-order valence-electron chi connectivity index (χ0n) is 9.99. The van der Waals surface area contributed by atoms with E-state index in [-0.39, 0.29) is 0 Å². The molecule has 0 bridgehead atoms. The minimum atomic E-state index is 0.874. The Labute approximate surface area is 111 Å². The average Bonchev–Trinajstić information content (AvgIpc) is 2.35. The summed E-state index contributed by atoms with van der Waals surface area (Å²) in [4.78, 5) is 2.46. The average molecular weight is 299 g/mol. The van der Waals surface area contributed by atoms with E-state index in [9.17, 15) is 0 Å². The zero-order chi connectivity index (χ0) is 12.1. The van der Waals surface area contributed by atoms with Crippen LogP contribution in [0.2, 0.25) is 0 Å². The second kappa shape index (κ2) is 6.38. The van der Waals surface area contributed by atoms with E-state index in [0.717, 1.165) is 55.8 Å². The quantitative estimate of drug-likeness (QED) is 0.867. The Bertz CT molecular complexity index is 364. The maximum atomic E-state index is 5.95. The first kappa shape index (κ1) is 12.9. The van der Waals surface area contributed by atoms with Gasteiger partial charge in [0, 0.05) is 23.2 Å². The van der Waals surface area contributed by atoms with E-state index >= 15 is 0 Å². The molecule has 1 aliphatic rings. The van der Waals surface area contributed by atoms with Crippen LogP contribution in [0.15, 0.2) is 22.7 Å². The second-order valence-electron chi connectivity index (χ2n) is 4.40. The molecule has 1 aromatic carbocycles. The minimum absolute atomic E-state index is 0.874. The third kappa shape index (κ3) is 3.98. The van der Waals surface area contributed by atoms with Gasteiger partial charge in [-0.15, -0.1) is 0 Å². The number of hydrogen-bond donors (Lipinski definition) is 1. The first-order valence-corrected chi connectivity index (χ1v) is 6.89.